The Morgan fingerprint density at radius 2 is 2.00 bits per heavy atom. The van der Waals surface area contributed by atoms with Gasteiger partial charge in [0.05, 0.1) is 5.71 Å². The summed E-state index contributed by atoms with van der Waals surface area (Å²) < 4.78 is 0. The first-order valence-corrected chi connectivity index (χ1v) is 7.11. The number of carbonyl (C=O) groups is 2. The molecule has 0 aromatic carbocycles. The van der Waals surface area contributed by atoms with Crippen LogP contribution < -0.4 is 11.2 Å². The van der Waals surface area contributed by atoms with E-state index in [1.165, 1.54) is 0 Å². The minimum absolute atomic E-state index is 0. The van der Waals surface area contributed by atoms with Crippen molar-refractivity contribution in [1.82, 2.24) is 5.43 Å². The second-order valence-corrected chi connectivity index (χ2v) is 6.29. The number of aliphatic carboxylic acids is 1. The zero-order valence-electron chi connectivity index (χ0n) is 14.3. The standard InChI is InChI=1S/C16H23N3O4.H2O/c1-10(7-13(20)21)5-6-16(23)11(2)8-12(9-15(16,3)4)18-19-14(17)22;/h5-8,23H,9H2,1-4H3,(H,20,21)(H3,17,19,22);1H2/b6-5+,10-7+,18-12+;. The molecule has 134 valence electrons. The Morgan fingerprint density at radius 1 is 1.42 bits per heavy atom. The van der Waals surface area contributed by atoms with Crippen LogP contribution in [0.1, 0.15) is 34.1 Å². The summed E-state index contributed by atoms with van der Waals surface area (Å²) >= 11 is 0. The third kappa shape index (κ3) is 5.04. The molecule has 1 rings (SSSR count). The molecule has 2 amide bonds. The Kier molecular flexibility index (Phi) is 7.09. The van der Waals surface area contributed by atoms with E-state index in [0.29, 0.717) is 23.3 Å². The largest absolute Gasteiger partial charge is 0.478 e. The van der Waals surface area contributed by atoms with E-state index in [1.807, 2.05) is 13.8 Å². The summed E-state index contributed by atoms with van der Waals surface area (Å²) in [6.45, 7) is 7.13. The lowest BCUT2D eigenvalue weighted by Gasteiger charge is -2.44. The van der Waals surface area contributed by atoms with Gasteiger partial charge in [-0.25, -0.2) is 15.0 Å². The molecule has 0 saturated carbocycles. The van der Waals surface area contributed by atoms with Gasteiger partial charge in [-0.3, -0.25) is 0 Å². The highest BCUT2D eigenvalue weighted by molar-refractivity contribution is 5.98. The number of urea groups is 1. The number of carbonyl (C=O) groups excluding carboxylic acids is 1. The van der Waals surface area contributed by atoms with Crippen LogP contribution in [0, 0.1) is 5.41 Å². The van der Waals surface area contributed by atoms with Crippen LogP contribution >= 0.6 is 0 Å². The average Bonchev–Trinajstić information content (AvgIpc) is 2.39. The van der Waals surface area contributed by atoms with Crippen LogP contribution in [0.3, 0.4) is 0 Å². The maximum absolute atomic E-state index is 11.0. The molecule has 0 bridgehead atoms. The van der Waals surface area contributed by atoms with Crippen molar-refractivity contribution in [2.75, 3.05) is 0 Å². The van der Waals surface area contributed by atoms with Gasteiger partial charge in [0, 0.05) is 11.5 Å². The molecule has 1 atom stereocenters. The Balaban J connectivity index is 0.00000529. The van der Waals surface area contributed by atoms with Crippen molar-refractivity contribution in [3.63, 3.8) is 0 Å². The first-order chi connectivity index (χ1) is 10.5. The number of nitrogens with two attached hydrogens (primary N) is 1. The molecule has 1 aliphatic rings. The molecule has 0 aromatic rings. The summed E-state index contributed by atoms with van der Waals surface area (Å²) in [5, 5.41) is 23.7. The number of carboxylic acid groups (broad SMARTS) is 1. The molecule has 7 N–H and O–H groups in total. The highest BCUT2D eigenvalue weighted by Gasteiger charge is 2.46. The molecule has 0 aliphatic heterocycles. The molecule has 0 heterocycles. The van der Waals surface area contributed by atoms with Gasteiger partial charge in [0.1, 0.15) is 5.60 Å². The molecule has 24 heavy (non-hydrogen) atoms. The minimum Gasteiger partial charge on any atom is -0.478 e. The van der Waals surface area contributed by atoms with Gasteiger partial charge in [0.15, 0.2) is 0 Å². The number of amides is 2. The van der Waals surface area contributed by atoms with E-state index in [9.17, 15) is 14.7 Å². The Morgan fingerprint density at radius 3 is 2.46 bits per heavy atom. The van der Waals surface area contributed by atoms with Crippen LogP contribution in [0.4, 0.5) is 4.79 Å². The van der Waals surface area contributed by atoms with Crippen molar-refractivity contribution in [2.24, 2.45) is 16.3 Å². The molecule has 0 aromatic heterocycles. The Labute approximate surface area is 140 Å². The topological polar surface area (TPSA) is 157 Å². The van der Waals surface area contributed by atoms with Crippen molar-refractivity contribution in [1.29, 1.82) is 0 Å². The lowest BCUT2D eigenvalue weighted by atomic mass is 9.64. The monoisotopic (exact) mass is 339 g/mol. The van der Waals surface area contributed by atoms with Crippen molar-refractivity contribution in [3.8, 4) is 0 Å². The Hall–Kier alpha value is -2.45. The van der Waals surface area contributed by atoms with Gasteiger partial charge in [0.25, 0.3) is 0 Å². The molecule has 8 heteroatoms. The minimum atomic E-state index is -1.26. The molecule has 1 unspecified atom stereocenters. The van der Waals surface area contributed by atoms with E-state index in [0.717, 1.165) is 6.08 Å². The fraction of sp³-hybridized carbons (Fsp3) is 0.438. The number of allylic oxidation sites excluding steroid dienone is 3. The molecular formula is C16H25N3O5. The van der Waals surface area contributed by atoms with Gasteiger partial charge in [-0.1, -0.05) is 19.9 Å². The Bertz CT molecular complexity index is 632. The fourth-order valence-corrected chi connectivity index (χ4v) is 2.58. The lowest BCUT2D eigenvalue weighted by Crippen LogP contribution is -2.48. The van der Waals surface area contributed by atoms with Gasteiger partial charge in [-0.15, -0.1) is 0 Å². The summed E-state index contributed by atoms with van der Waals surface area (Å²) in [6, 6.07) is -0.753. The van der Waals surface area contributed by atoms with Gasteiger partial charge in [0.2, 0.25) is 0 Å². The molecular weight excluding hydrogens is 314 g/mol. The predicted octanol–water partition coefficient (Wildman–Crippen LogP) is 0.880. The second-order valence-electron chi connectivity index (χ2n) is 6.29. The van der Waals surface area contributed by atoms with Crippen LogP contribution in [-0.2, 0) is 4.79 Å². The molecule has 0 radical (unpaired) electrons. The second kappa shape index (κ2) is 7.89. The summed E-state index contributed by atoms with van der Waals surface area (Å²) in [4.78, 5) is 21.4. The molecule has 0 fully saturated rings. The van der Waals surface area contributed by atoms with Crippen LogP contribution in [0.2, 0.25) is 0 Å². The first kappa shape index (κ1) is 21.6. The molecule has 0 saturated heterocycles. The molecule has 8 nitrogen and oxygen atoms in total. The third-order valence-corrected chi connectivity index (χ3v) is 3.89. The van der Waals surface area contributed by atoms with Crippen LogP contribution in [0.15, 0.2) is 40.6 Å². The SMILES string of the molecule is CC1=C/C(=N\NC(N)=O)CC(C)(C)C1(O)/C=C/C(C)=C/C(=O)O.O. The maximum Gasteiger partial charge on any atom is 0.332 e. The van der Waals surface area contributed by atoms with E-state index in [2.05, 4.69) is 10.5 Å². The van der Waals surface area contributed by atoms with Gasteiger partial charge in [-0.2, -0.15) is 5.10 Å². The number of aliphatic hydroxyl groups is 1. The van der Waals surface area contributed by atoms with E-state index >= 15 is 0 Å². The van der Waals surface area contributed by atoms with Crippen molar-refractivity contribution in [3.05, 3.63) is 35.5 Å². The predicted molar refractivity (Wildman–Crippen MR) is 91.4 cm³/mol. The number of rotatable bonds is 4. The number of hydrogen-bond acceptors (Lipinski definition) is 4. The first-order valence-electron chi connectivity index (χ1n) is 7.11. The van der Waals surface area contributed by atoms with Crippen LogP contribution in [0.25, 0.3) is 0 Å². The van der Waals surface area contributed by atoms with Crippen molar-refractivity contribution in [2.45, 2.75) is 39.7 Å². The van der Waals surface area contributed by atoms with Crippen LogP contribution in [0.5, 0.6) is 0 Å². The summed E-state index contributed by atoms with van der Waals surface area (Å²) in [7, 11) is 0. The maximum atomic E-state index is 11.0. The summed E-state index contributed by atoms with van der Waals surface area (Å²) in [6.07, 6.45) is 6.33. The lowest BCUT2D eigenvalue weighted by molar-refractivity contribution is -0.131. The zero-order chi connectivity index (χ0) is 17.8. The zero-order valence-corrected chi connectivity index (χ0v) is 14.3. The highest BCUT2D eigenvalue weighted by Crippen LogP contribution is 2.44. The normalized spacial score (nSPS) is 25.1. The van der Waals surface area contributed by atoms with Crippen molar-refractivity contribution >= 4 is 17.7 Å². The summed E-state index contributed by atoms with van der Waals surface area (Å²) in [5.74, 6) is -1.04. The van der Waals surface area contributed by atoms with Crippen molar-refractivity contribution < 1.29 is 25.3 Å². The van der Waals surface area contributed by atoms with Gasteiger partial charge >= 0.3 is 12.0 Å². The van der Waals surface area contributed by atoms with E-state index in [4.69, 9.17) is 10.8 Å². The number of hydrogen-bond donors (Lipinski definition) is 4. The number of nitrogens with one attached hydrogen (secondary N) is 1. The molecule has 0 spiro atoms. The van der Waals surface area contributed by atoms with E-state index < -0.39 is 23.0 Å². The smallest absolute Gasteiger partial charge is 0.332 e. The number of primary amides is 1. The quantitative estimate of drug-likeness (QED) is 0.340. The van der Waals surface area contributed by atoms with E-state index in [1.54, 1.807) is 32.1 Å². The van der Waals surface area contributed by atoms with Crippen LogP contribution in [-0.4, -0.2) is 39.0 Å². The van der Waals surface area contributed by atoms with E-state index in [-0.39, 0.29) is 5.48 Å². The third-order valence-electron chi connectivity index (χ3n) is 3.89. The number of hydrazone groups is 1. The average molecular weight is 339 g/mol. The number of carboxylic acids is 1. The summed E-state index contributed by atoms with van der Waals surface area (Å²) in [5.41, 5.74) is 7.06. The van der Waals surface area contributed by atoms with Gasteiger partial charge < -0.3 is 21.4 Å². The fourth-order valence-electron chi connectivity index (χ4n) is 2.58. The highest BCUT2D eigenvalue weighted by atomic mass is 16.4. The number of nitrogens with zero attached hydrogens (tertiary/aromatic N) is 1. The molecule has 1 aliphatic carbocycles. The van der Waals surface area contributed by atoms with Gasteiger partial charge in [-0.05, 0) is 43.6 Å².